The average Bonchev–Trinajstić information content (AvgIpc) is 2.61. The lowest BCUT2D eigenvalue weighted by Crippen LogP contribution is -2.48. The Hall–Kier alpha value is -2.04. The van der Waals surface area contributed by atoms with Crippen LogP contribution in [0.5, 0.6) is 0 Å². The SMILES string of the molecule is CC[C@H](C)[C@H]1C(=O)Nc2ccccc2CN1C(=O)OC. The predicted octanol–water partition coefficient (Wildman–Crippen LogP) is 2.62. The molecule has 0 spiro atoms. The number of fused-ring (bicyclic) bond motifs is 1. The number of hydrogen-bond acceptors (Lipinski definition) is 3. The first kappa shape index (κ1) is 14.4. The first-order valence-electron chi connectivity index (χ1n) is 6.81. The van der Waals surface area contributed by atoms with E-state index in [4.69, 9.17) is 4.74 Å². The highest BCUT2D eigenvalue weighted by Gasteiger charge is 2.37. The van der Waals surface area contributed by atoms with Gasteiger partial charge in [-0.05, 0) is 17.5 Å². The van der Waals surface area contributed by atoms with Crippen molar-refractivity contribution in [3.63, 3.8) is 0 Å². The van der Waals surface area contributed by atoms with Crippen molar-refractivity contribution < 1.29 is 14.3 Å². The molecule has 1 heterocycles. The fraction of sp³-hybridized carbons (Fsp3) is 0.467. The summed E-state index contributed by atoms with van der Waals surface area (Å²) >= 11 is 0. The predicted molar refractivity (Wildman–Crippen MR) is 76.3 cm³/mol. The Morgan fingerprint density at radius 1 is 1.50 bits per heavy atom. The number of methoxy groups -OCH3 is 1. The molecule has 1 aliphatic rings. The van der Waals surface area contributed by atoms with E-state index >= 15 is 0 Å². The van der Waals surface area contributed by atoms with Crippen molar-refractivity contribution in [1.29, 1.82) is 0 Å². The number of benzene rings is 1. The highest BCUT2D eigenvalue weighted by molar-refractivity contribution is 5.98. The van der Waals surface area contributed by atoms with Gasteiger partial charge in [0.25, 0.3) is 0 Å². The van der Waals surface area contributed by atoms with Crippen molar-refractivity contribution in [1.82, 2.24) is 4.90 Å². The van der Waals surface area contributed by atoms with Gasteiger partial charge in [0.1, 0.15) is 6.04 Å². The van der Waals surface area contributed by atoms with Crippen LogP contribution in [0.1, 0.15) is 25.8 Å². The van der Waals surface area contributed by atoms with Crippen LogP contribution in [-0.4, -0.2) is 30.1 Å². The lowest BCUT2D eigenvalue weighted by Gasteiger charge is -2.31. The molecule has 0 radical (unpaired) electrons. The molecular weight excluding hydrogens is 256 g/mol. The second kappa shape index (κ2) is 5.94. The van der Waals surface area contributed by atoms with Gasteiger partial charge in [0.2, 0.25) is 5.91 Å². The molecular formula is C15H20N2O3. The third-order valence-corrected chi connectivity index (χ3v) is 3.81. The van der Waals surface area contributed by atoms with Gasteiger partial charge < -0.3 is 10.1 Å². The van der Waals surface area contributed by atoms with Crippen molar-refractivity contribution in [3.8, 4) is 0 Å². The third-order valence-electron chi connectivity index (χ3n) is 3.81. The quantitative estimate of drug-likeness (QED) is 0.903. The fourth-order valence-electron chi connectivity index (χ4n) is 2.49. The molecule has 0 unspecified atom stereocenters. The second-order valence-corrected chi connectivity index (χ2v) is 5.07. The zero-order chi connectivity index (χ0) is 14.7. The molecule has 2 amide bonds. The topological polar surface area (TPSA) is 58.6 Å². The summed E-state index contributed by atoms with van der Waals surface area (Å²) in [5, 5.41) is 2.91. The monoisotopic (exact) mass is 276 g/mol. The van der Waals surface area contributed by atoms with Crippen molar-refractivity contribution in [3.05, 3.63) is 29.8 Å². The minimum absolute atomic E-state index is 0.0587. The maximum Gasteiger partial charge on any atom is 0.410 e. The molecule has 0 saturated carbocycles. The number of carbonyl (C=O) groups excluding carboxylic acids is 2. The van der Waals surface area contributed by atoms with E-state index in [-0.39, 0.29) is 11.8 Å². The van der Waals surface area contributed by atoms with E-state index in [0.29, 0.717) is 6.54 Å². The smallest absolute Gasteiger partial charge is 0.410 e. The summed E-state index contributed by atoms with van der Waals surface area (Å²) in [6.45, 7) is 4.35. The molecule has 0 aliphatic carbocycles. The Bertz CT molecular complexity index is 516. The van der Waals surface area contributed by atoms with Gasteiger partial charge in [0, 0.05) is 5.69 Å². The highest BCUT2D eigenvalue weighted by atomic mass is 16.5. The van der Waals surface area contributed by atoms with Crippen LogP contribution in [0, 0.1) is 5.92 Å². The van der Waals surface area contributed by atoms with Gasteiger partial charge in [-0.3, -0.25) is 9.69 Å². The van der Waals surface area contributed by atoms with Gasteiger partial charge >= 0.3 is 6.09 Å². The molecule has 1 aromatic carbocycles. The van der Waals surface area contributed by atoms with Gasteiger partial charge in [-0.15, -0.1) is 0 Å². The van der Waals surface area contributed by atoms with Gasteiger partial charge in [-0.1, -0.05) is 38.5 Å². The fourth-order valence-corrected chi connectivity index (χ4v) is 2.49. The van der Waals surface area contributed by atoms with Crippen LogP contribution in [0.3, 0.4) is 0 Å². The molecule has 5 nitrogen and oxygen atoms in total. The molecule has 0 bridgehead atoms. The zero-order valence-corrected chi connectivity index (χ0v) is 12.1. The number of rotatable bonds is 2. The van der Waals surface area contributed by atoms with Crippen LogP contribution in [0.2, 0.25) is 0 Å². The van der Waals surface area contributed by atoms with Crippen LogP contribution in [0.4, 0.5) is 10.5 Å². The average molecular weight is 276 g/mol. The Kier molecular flexibility index (Phi) is 4.27. The van der Waals surface area contributed by atoms with Gasteiger partial charge in [-0.25, -0.2) is 4.79 Å². The zero-order valence-electron chi connectivity index (χ0n) is 12.1. The summed E-state index contributed by atoms with van der Waals surface area (Å²) in [6, 6.07) is 7.00. The highest BCUT2D eigenvalue weighted by Crippen LogP contribution is 2.27. The van der Waals surface area contributed by atoms with Crippen molar-refractivity contribution in [2.24, 2.45) is 5.92 Å². The summed E-state index contributed by atoms with van der Waals surface area (Å²) in [5.41, 5.74) is 1.68. The Morgan fingerprint density at radius 3 is 2.85 bits per heavy atom. The van der Waals surface area contributed by atoms with E-state index in [1.54, 1.807) is 0 Å². The molecule has 2 rings (SSSR count). The number of amides is 2. The van der Waals surface area contributed by atoms with Crippen LogP contribution in [0.25, 0.3) is 0 Å². The molecule has 0 saturated heterocycles. The molecule has 0 fully saturated rings. The number of anilines is 1. The van der Waals surface area contributed by atoms with Crippen molar-refractivity contribution in [2.75, 3.05) is 12.4 Å². The molecule has 1 aliphatic heterocycles. The Morgan fingerprint density at radius 2 is 2.20 bits per heavy atom. The van der Waals surface area contributed by atoms with E-state index in [0.717, 1.165) is 17.7 Å². The standard InChI is InChI=1S/C15H20N2O3/c1-4-10(2)13-14(18)16-12-8-6-5-7-11(12)9-17(13)15(19)20-3/h5-8,10,13H,4,9H2,1-3H3,(H,16,18)/t10-,13-/m0/s1. The lowest BCUT2D eigenvalue weighted by molar-refractivity contribution is -0.122. The summed E-state index contributed by atoms with van der Waals surface area (Å²) in [6.07, 6.45) is 0.337. The minimum Gasteiger partial charge on any atom is -0.453 e. The van der Waals surface area contributed by atoms with Gasteiger partial charge in [-0.2, -0.15) is 0 Å². The largest absolute Gasteiger partial charge is 0.453 e. The van der Waals surface area contributed by atoms with E-state index in [9.17, 15) is 9.59 Å². The summed E-state index contributed by atoms with van der Waals surface area (Å²) in [7, 11) is 1.34. The third kappa shape index (κ3) is 2.61. The summed E-state index contributed by atoms with van der Waals surface area (Å²) in [5.74, 6) is -0.0990. The maximum atomic E-state index is 12.4. The number of nitrogens with one attached hydrogen (secondary N) is 1. The molecule has 1 N–H and O–H groups in total. The molecule has 20 heavy (non-hydrogen) atoms. The number of carbonyl (C=O) groups is 2. The van der Waals surface area contributed by atoms with Gasteiger partial charge in [0.05, 0.1) is 13.7 Å². The van der Waals surface area contributed by atoms with Crippen LogP contribution >= 0.6 is 0 Å². The van der Waals surface area contributed by atoms with Gasteiger partial charge in [0.15, 0.2) is 0 Å². The molecule has 1 aromatic rings. The maximum absolute atomic E-state index is 12.4. The first-order valence-corrected chi connectivity index (χ1v) is 6.81. The van der Waals surface area contributed by atoms with E-state index < -0.39 is 12.1 Å². The molecule has 5 heteroatoms. The van der Waals surface area contributed by atoms with Crippen molar-refractivity contribution >= 4 is 17.7 Å². The summed E-state index contributed by atoms with van der Waals surface area (Å²) < 4.78 is 4.84. The van der Waals surface area contributed by atoms with E-state index in [1.807, 2.05) is 38.1 Å². The Labute approximate surface area is 118 Å². The van der Waals surface area contributed by atoms with Crippen LogP contribution < -0.4 is 5.32 Å². The number of ether oxygens (including phenoxy) is 1. The van der Waals surface area contributed by atoms with E-state index in [1.165, 1.54) is 12.0 Å². The molecule has 0 aromatic heterocycles. The second-order valence-electron chi connectivity index (χ2n) is 5.07. The number of para-hydroxylation sites is 1. The molecule has 108 valence electrons. The summed E-state index contributed by atoms with van der Waals surface area (Å²) in [4.78, 5) is 26.0. The lowest BCUT2D eigenvalue weighted by atomic mass is 9.97. The first-order chi connectivity index (χ1) is 9.58. The molecule has 2 atom stereocenters. The normalized spacial score (nSPS) is 19.6. The van der Waals surface area contributed by atoms with Crippen LogP contribution in [-0.2, 0) is 16.1 Å². The number of hydrogen-bond donors (Lipinski definition) is 1. The van der Waals surface area contributed by atoms with E-state index in [2.05, 4.69) is 5.32 Å². The number of nitrogens with zero attached hydrogens (tertiary/aromatic N) is 1. The minimum atomic E-state index is -0.514. The Balaban J connectivity index is 2.42. The van der Waals surface area contributed by atoms with Crippen LogP contribution in [0.15, 0.2) is 24.3 Å². The van der Waals surface area contributed by atoms with Crippen molar-refractivity contribution in [2.45, 2.75) is 32.9 Å².